The van der Waals surface area contributed by atoms with Gasteiger partial charge in [-0.2, -0.15) is 13.5 Å². The van der Waals surface area contributed by atoms with E-state index < -0.39 is 10.0 Å². The van der Waals surface area contributed by atoms with Crippen molar-refractivity contribution in [2.45, 2.75) is 32.1 Å². The fourth-order valence-corrected chi connectivity index (χ4v) is 3.20. The zero-order valence-electron chi connectivity index (χ0n) is 15.1. The molecule has 0 aliphatic carbocycles. The highest BCUT2D eigenvalue weighted by Crippen LogP contribution is 2.28. The topological polar surface area (TPSA) is 88.0 Å². The van der Waals surface area contributed by atoms with Crippen LogP contribution < -0.4 is 9.57 Å². The van der Waals surface area contributed by atoms with Crippen molar-refractivity contribution in [1.82, 2.24) is 4.83 Å². The van der Waals surface area contributed by atoms with Crippen LogP contribution in [0.5, 0.6) is 11.5 Å². The van der Waals surface area contributed by atoms with Gasteiger partial charge in [-0.1, -0.05) is 32.0 Å². The SMILES string of the molecule is CCOc1cccc(/C=N/NS(=O)(=O)c2ccc(CC(C)C)cc2)c1O. The number of hydrogen-bond donors (Lipinski definition) is 2. The van der Waals surface area contributed by atoms with E-state index in [1.165, 1.54) is 6.21 Å². The standard InChI is InChI=1S/C19H24N2O4S/c1-4-25-18-7-5-6-16(19(18)22)13-20-21-26(23,24)17-10-8-15(9-11-17)12-14(2)3/h5-11,13-14,21-22H,4,12H2,1-3H3/b20-13+. The molecule has 2 N–H and O–H groups in total. The molecule has 26 heavy (non-hydrogen) atoms. The number of nitrogens with zero attached hydrogens (tertiary/aromatic N) is 1. The third-order valence-electron chi connectivity index (χ3n) is 3.58. The number of phenolic OH excluding ortho intramolecular Hbond substituents is 1. The average molecular weight is 376 g/mol. The van der Waals surface area contributed by atoms with Gasteiger partial charge in [0.15, 0.2) is 11.5 Å². The summed E-state index contributed by atoms with van der Waals surface area (Å²) in [6.07, 6.45) is 2.13. The first kappa shape index (κ1) is 19.8. The number of rotatable bonds is 8. The van der Waals surface area contributed by atoms with E-state index in [9.17, 15) is 13.5 Å². The number of aromatic hydroxyl groups is 1. The number of sulfonamides is 1. The molecule has 0 radical (unpaired) electrons. The van der Waals surface area contributed by atoms with Gasteiger partial charge in [0, 0.05) is 5.56 Å². The molecule has 6 nitrogen and oxygen atoms in total. The highest BCUT2D eigenvalue weighted by atomic mass is 32.2. The predicted octanol–water partition coefficient (Wildman–Crippen LogP) is 3.30. The molecule has 2 aromatic rings. The number of nitrogens with one attached hydrogen (secondary N) is 1. The fraction of sp³-hybridized carbons (Fsp3) is 0.316. The lowest BCUT2D eigenvalue weighted by Crippen LogP contribution is -2.18. The normalized spacial score (nSPS) is 11.8. The lowest BCUT2D eigenvalue weighted by molar-refractivity contribution is 0.318. The van der Waals surface area contributed by atoms with Crippen molar-refractivity contribution < 1.29 is 18.3 Å². The van der Waals surface area contributed by atoms with Crippen LogP contribution in [0.2, 0.25) is 0 Å². The van der Waals surface area contributed by atoms with Gasteiger partial charge < -0.3 is 9.84 Å². The van der Waals surface area contributed by atoms with E-state index >= 15 is 0 Å². The zero-order valence-corrected chi connectivity index (χ0v) is 16.0. The van der Waals surface area contributed by atoms with Crippen LogP contribution in [0.15, 0.2) is 52.5 Å². The maximum absolute atomic E-state index is 12.3. The summed E-state index contributed by atoms with van der Waals surface area (Å²) in [6.45, 7) is 6.43. The maximum atomic E-state index is 12.3. The van der Waals surface area contributed by atoms with Crippen molar-refractivity contribution in [2.75, 3.05) is 6.61 Å². The van der Waals surface area contributed by atoms with Gasteiger partial charge in [-0.3, -0.25) is 0 Å². The van der Waals surface area contributed by atoms with Crippen LogP contribution in [0.4, 0.5) is 0 Å². The van der Waals surface area contributed by atoms with Gasteiger partial charge in [0.2, 0.25) is 0 Å². The molecular formula is C19H24N2O4S. The number of ether oxygens (including phenoxy) is 1. The second-order valence-corrected chi connectivity index (χ2v) is 7.88. The quantitative estimate of drug-likeness (QED) is 0.546. The second-order valence-electron chi connectivity index (χ2n) is 6.22. The first-order valence-electron chi connectivity index (χ1n) is 8.42. The van der Waals surface area contributed by atoms with Crippen molar-refractivity contribution in [3.05, 3.63) is 53.6 Å². The van der Waals surface area contributed by atoms with Gasteiger partial charge in [0.05, 0.1) is 17.7 Å². The third kappa shape index (κ3) is 5.23. The molecule has 2 aromatic carbocycles. The Morgan fingerprint density at radius 3 is 2.50 bits per heavy atom. The Labute approximate surface area is 154 Å². The summed E-state index contributed by atoms with van der Waals surface area (Å²) in [5, 5.41) is 13.8. The first-order valence-corrected chi connectivity index (χ1v) is 9.90. The Morgan fingerprint density at radius 1 is 1.19 bits per heavy atom. The molecule has 0 spiro atoms. The second kappa shape index (κ2) is 8.71. The minimum absolute atomic E-state index is 0.0877. The van der Waals surface area contributed by atoms with Gasteiger partial charge in [-0.05, 0) is 49.1 Å². The van der Waals surface area contributed by atoms with Gasteiger partial charge in [0.25, 0.3) is 10.0 Å². The summed E-state index contributed by atoms with van der Waals surface area (Å²) >= 11 is 0. The van der Waals surface area contributed by atoms with Crippen LogP contribution in [-0.4, -0.2) is 26.3 Å². The van der Waals surface area contributed by atoms with Gasteiger partial charge in [-0.25, -0.2) is 4.83 Å². The summed E-state index contributed by atoms with van der Waals surface area (Å²) in [5.74, 6) is 0.732. The molecule has 0 fully saturated rings. The van der Waals surface area contributed by atoms with E-state index in [0.717, 1.165) is 12.0 Å². The number of benzene rings is 2. The monoisotopic (exact) mass is 376 g/mol. The molecule has 2 rings (SSSR count). The number of phenols is 1. The van der Waals surface area contributed by atoms with Crippen LogP contribution in [0, 0.1) is 5.92 Å². The molecule has 0 amide bonds. The molecule has 0 aliphatic heterocycles. The molecule has 0 aromatic heterocycles. The number of para-hydroxylation sites is 1. The Balaban J connectivity index is 2.10. The molecule has 7 heteroatoms. The maximum Gasteiger partial charge on any atom is 0.276 e. The first-order chi connectivity index (χ1) is 12.3. The highest BCUT2D eigenvalue weighted by molar-refractivity contribution is 7.89. The van der Waals surface area contributed by atoms with Crippen LogP contribution >= 0.6 is 0 Å². The van der Waals surface area contributed by atoms with E-state index in [0.29, 0.717) is 23.8 Å². The van der Waals surface area contributed by atoms with E-state index in [1.54, 1.807) is 49.4 Å². The van der Waals surface area contributed by atoms with Crippen LogP contribution in [0.25, 0.3) is 0 Å². The minimum atomic E-state index is -3.77. The molecule has 0 saturated heterocycles. The Bertz CT molecular complexity index is 860. The van der Waals surface area contributed by atoms with Crippen molar-refractivity contribution in [1.29, 1.82) is 0 Å². The predicted molar refractivity (Wildman–Crippen MR) is 102 cm³/mol. The van der Waals surface area contributed by atoms with Gasteiger partial charge in [0.1, 0.15) is 0 Å². The van der Waals surface area contributed by atoms with Crippen LogP contribution in [0.1, 0.15) is 31.9 Å². The van der Waals surface area contributed by atoms with Gasteiger partial charge >= 0.3 is 0 Å². The van der Waals surface area contributed by atoms with E-state index in [1.807, 2.05) is 0 Å². The van der Waals surface area contributed by atoms with Crippen LogP contribution in [-0.2, 0) is 16.4 Å². The summed E-state index contributed by atoms with van der Waals surface area (Å²) in [4.78, 5) is 2.29. The summed E-state index contributed by atoms with van der Waals surface area (Å²) in [6, 6.07) is 11.6. The van der Waals surface area contributed by atoms with E-state index in [-0.39, 0.29) is 10.6 Å². The average Bonchev–Trinajstić information content (AvgIpc) is 2.58. The van der Waals surface area contributed by atoms with Crippen molar-refractivity contribution >= 4 is 16.2 Å². The lowest BCUT2D eigenvalue weighted by atomic mass is 10.0. The molecule has 0 atom stereocenters. The Morgan fingerprint density at radius 2 is 1.88 bits per heavy atom. The number of hydrogen-bond acceptors (Lipinski definition) is 5. The zero-order chi connectivity index (χ0) is 19.2. The molecule has 0 unspecified atom stereocenters. The summed E-state index contributed by atoms with van der Waals surface area (Å²) in [5.41, 5.74) is 1.44. The molecule has 0 bridgehead atoms. The van der Waals surface area contributed by atoms with Crippen molar-refractivity contribution in [3.8, 4) is 11.5 Å². The highest BCUT2D eigenvalue weighted by Gasteiger charge is 2.13. The molecule has 140 valence electrons. The largest absolute Gasteiger partial charge is 0.504 e. The van der Waals surface area contributed by atoms with Crippen LogP contribution in [0.3, 0.4) is 0 Å². The van der Waals surface area contributed by atoms with E-state index in [4.69, 9.17) is 4.74 Å². The summed E-state index contributed by atoms with van der Waals surface area (Å²) in [7, 11) is -3.77. The third-order valence-corrected chi connectivity index (χ3v) is 4.82. The smallest absolute Gasteiger partial charge is 0.276 e. The molecule has 0 saturated carbocycles. The summed E-state index contributed by atoms with van der Waals surface area (Å²) < 4.78 is 29.9. The van der Waals surface area contributed by atoms with E-state index in [2.05, 4.69) is 23.8 Å². The fourth-order valence-electron chi connectivity index (χ4n) is 2.41. The molecule has 0 heterocycles. The Hall–Kier alpha value is -2.54. The molecular weight excluding hydrogens is 352 g/mol. The number of hydrazone groups is 1. The lowest BCUT2D eigenvalue weighted by Gasteiger charge is -2.08. The molecule has 0 aliphatic rings. The van der Waals surface area contributed by atoms with Crippen molar-refractivity contribution in [2.24, 2.45) is 11.0 Å². The van der Waals surface area contributed by atoms with Gasteiger partial charge in [-0.15, -0.1) is 0 Å². The minimum Gasteiger partial charge on any atom is -0.504 e. The Kier molecular flexibility index (Phi) is 6.63. The van der Waals surface area contributed by atoms with Crippen molar-refractivity contribution in [3.63, 3.8) is 0 Å².